The van der Waals surface area contributed by atoms with Gasteiger partial charge < -0.3 is 5.32 Å². The van der Waals surface area contributed by atoms with Gasteiger partial charge in [0.05, 0.1) is 6.04 Å². The predicted octanol–water partition coefficient (Wildman–Crippen LogP) is 1.41. The maximum absolute atomic E-state index is 11.9. The minimum atomic E-state index is -0.181. The quantitative estimate of drug-likeness (QED) is 0.863. The van der Waals surface area contributed by atoms with Gasteiger partial charge in [0, 0.05) is 13.5 Å². The maximum Gasteiger partial charge on any atom is 0.220 e. The molecule has 0 unspecified atom stereocenters. The van der Waals surface area contributed by atoms with Crippen molar-refractivity contribution in [1.82, 2.24) is 25.5 Å². The lowest BCUT2D eigenvalue weighted by atomic mass is 10.1. The van der Waals surface area contributed by atoms with Crippen molar-refractivity contribution in [1.29, 1.82) is 0 Å². The molecule has 6 heteroatoms. The topological polar surface area (TPSA) is 72.7 Å². The van der Waals surface area contributed by atoms with Crippen molar-refractivity contribution >= 4 is 5.91 Å². The number of nitrogens with zero attached hydrogens (tertiary/aromatic N) is 4. The van der Waals surface area contributed by atoms with E-state index in [1.807, 2.05) is 25.1 Å². The molecule has 20 heavy (non-hydrogen) atoms. The third-order valence-electron chi connectivity index (χ3n) is 3.13. The summed E-state index contributed by atoms with van der Waals surface area (Å²) in [7, 11) is 1.76. The second kappa shape index (κ2) is 6.79. The fraction of sp³-hybridized carbons (Fsp3) is 0.429. The van der Waals surface area contributed by atoms with E-state index in [-0.39, 0.29) is 11.9 Å². The fourth-order valence-electron chi connectivity index (χ4n) is 2.08. The minimum Gasteiger partial charge on any atom is -0.346 e. The van der Waals surface area contributed by atoms with Gasteiger partial charge in [-0.3, -0.25) is 4.79 Å². The van der Waals surface area contributed by atoms with E-state index >= 15 is 0 Å². The van der Waals surface area contributed by atoms with E-state index in [4.69, 9.17) is 0 Å². The zero-order chi connectivity index (χ0) is 14.4. The number of hydrogen-bond acceptors (Lipinski definition) is 4. The molecule has 0 radical (unpaired) electrons. The molecule has 0 saturated heterocycles. The molecule has 0 fully saturated rings. The molecule has 1 N–H and O–H groups in total. The van der Waals surface area contributed by atoms with Gasteiger partial charge in [0.15, 0.2) is 5.82 Å². The lowest BCUT2D eigenvalue weighted by Gasteiger charge is -2.12. The number of aromatic nitrogens is 4. The number of nitrogens with one attached hydrogen (secondary N) is 1. The van der Waals surface area contributed by atoms with Crippen molar-refractivity contribution < 1.29 is 4.79 Å². The van der Waals surface area contributed by atoms with Gasteiger partial charge in [-0.05, 0) is 35.8 Å². The van der Waals surface area contributed by atoms with Crippen LogP contribution in [0.2, 0.25) is 0 Å². The molecule has 0 spiro atoms. The highest BCUT2D eigenvalue weighted by Crippen LogP contribution is 2.08. The van der Waals surface area contributed by atoms with Crippen LogP contribution in [0.1, 0.15) is 37.2 Å². The van der Waals surface area contributed by atoms with Crippen molar-refractivity contribution in [2.24, 2.45) is 7.05 Å². The molecule has 6 nitrogen and oxygen atoms in total. The van der Waals surface area contributed by atoms with Crippen LogP contribution >= 0.6 is 0 Å². The summed E-state index contributed by atoms with van der Waals surface area (Å²) in [5.41, 5.74) is 1.26. The van der Waals surface area contributed by atoms with Crippen LogP contribution in [0.4, 0.5) is 0 Å². The second-order valence-electron chi connectivity index (χ2n) is 4.79. The lowest BCUT2D eigenvalue weighted by molar-refractivity contribution is -0.121. The Hall–Kier alpha value is -2.24. The van der Waals surface area contributed by atoms with Crippen molar-refractivity contribution in [3.8, 4) is 0 Å². The van der Waals surface area contributed by atoms with Gasteiger partial charge in [-0.1, -0.05) is 30.3 Å². The average Bonchev–Trinajstić information content (AvgIpc) is 2.86. The first-order valence-corrected chi connectivity index (χ1v) is 6.72. The third-order valence-corrected chi connectivity index (χ3v) is 3.13. The summed E-state index contributed by atoms with van der Waals surface area (Å²) in [6, 6.07) is 9.99. The number of benzene rings is 1. The molecule has 1 aromatic carbocycles. The molecule has 0 aliphatic carbocycles. The lowest BCUT2D eigenvalue weighted by Crippen LogP contribution is -2.28. The van der Waals surface area contributed by atoms with E-state index in [2.05, 4.69) is 33.0 Å². The van der Waals surface area contributed by atoms with Crippen LogP contribution in [0.15, 0.2) is 30.3 Å². The van der Waals surface area contributed by atoms with E-state index < -0.39 is 0 Å². The van der Waals surface area contributed by atoms with E-state index in [9.17, 15) is 4.79 Å². The zero-order valence-corrected chi connectivity index (χ0v) is 11.8. The molecule has 0 aliphatic rings. The average molecular weight is 273 g/mol. The van der Waals surface area contributed by atoms with E-state index in [1.165, 1.54) is 5.56 Å². The molecule has 0 saturated carbocycles. The number of carbonyl (C=O) groups excluding carboxylic acids is 1. The predicted molar refractivity (Wildman–Crippen MR) is 74.7 cm³/mol. The highest BCUT2D eigenvalue weighted by atomic mass is 16.1. The Balaban J connectivity index is 1.74. The molecule has 1 aromatic heterocycles. The summed E-state index contributed by atoms with van der Waals surface area (Å²) in [6.45, 7) is 1.88. The molecule has 106 valence electrons. The van der Waals surface area contributed by atoms with Crippen LogP contribution in [-0.4, -0.2) is 26.1 Å². The zero-order valence-electron chi connectivity index (χ0n) is 11.8. The third kappa shape index (κ3) is 3.88. The number of amides is 1. The Morgan fingerprint density at radius 1 is 1.35 bits per heavy atom. The Bertz CT molecular complexity index is 552. The first kappa shape index (κ1) is 14.2. The Morgan fingerprint density at radius 3 is 2.75 bits per heavy atom. The van der Waals surface area contributed by atoms with Gasteiger partial charge in [-0.2, -0.15) is 0 Å². The Labute approximate surface area is 118 Å². The Morgan fingerprint density at radius 2 is 2.10 bits per heavy atom. The normalized spacial score (nSPS) is 12.1. The number of tetrazole rings is 1. The van der Waals surface area contributed by atoms with Gasteiger partial charge in [0.1, 0.15) is 0 Å². The highest BCUT2D eigenvalue weighted by molar-refractivity contribution is 5.76. The maximum atomic E-state index is 11.9. The van der Waals surface area contributed by atoms with E-state index in [1.54, 1.807) is 11.7 Å². The van der Waals surface area contributed by atoms with Crippen LogP contribution in [0.3, 0.4) is 0 Å². The molecule has 2 rings (SSSR count). The number of carbonyl (C=O) groups is 1. The van der Waals surface area contributed by atoms with Crippen molar-refractivity contribution in [2.45, 2.75) is 32.2 Å². The Kier molecular flexibility index (Phi) is 4.81. The molecule has 1 heterocycles. The summed E-state index contributed by atoms with van der Waals surface area (Å²) >= 11 is 0. The second-order valence-corrected chi connectivity index (χ2v) is 4.79. The first-order chi connectivity index (χ1) is 9.66. The van der Waals surface area contributed by atoms with Crippen molar-refractivity contribution in [3.05, 3.63) is 41.7 Å². The molecule has 2 aromatic rings. The van der Waals surface area contributed by atoms with Gasteiger partial charge in [-0.25, -0.2) is 4.68 Å². The summed E-state index contributed by atoms with van der Waals surface area (Å²) in [6.07, 6.45) is 2.25. The molecule has 0 aliphatic heterocycles. The monoisotopic (exact) mass is 273 g/mol. The SMILES string of the molecule is C[C@@H](NC(=O)CCCc1ccccc1)c1nnnn1C. The van der Waals surface area contributed by atoms with Gasteiger partial charge in [0.2, 0.25) is 5.91 Å². The van der Waals surface area contributed by atoms with Crippen LogP contribution < -0.4 is 5.32 Å². The summed E-state index contributed by atoms with van der Waals surface area (Å²) < 4.78 is 1.56. The molecule has 1 amide bonds. The number of aryl methyl sites for hydroxylation is 2. The number of rotatable bonds is 6. The van der Waals surface area contributed by atoms with Gasteiger partial charge in [0.25, 0.3) is 0 Å². The van der Waals surface area contributed by atoms with Gasteiger partial charge in [-0.15, -0.1) is 5.10 Å². The van der Waals surface area contributed by atoms with Crippen LogP contribution in [0.25, 0.3) is 0 Å². The van der Waals surface area contributed by atoms with Crippen LogP contribution in [0, 0.1) is 0 Å². The summed E-state index contributed by atoms with van der Waals surface area (Å²) in [5, 5.41) is 14.1. The van der Waals surface area contributed by atoms with E-state index in [0.717, 1.165) is 12.8 Å². The molecule has 1 atom stereocenters. The largest absolute Gasteiger partial charge is 0.346 e. The van der Waals surface area contributed by atoms with Crippen molar-refractivity contribution in [2.75, 3.05) is 0 Å². The molecular weight excluding hydrogens is 254 g/mol. The minimum absolute atomic E-state index is 0.0245. The highest BCUT2D eigenvalue weighted by Gasteiger charge is 2.14. The molecule has 0 bridgehead atoms. The fourth-order valence-corrected chi connectivity index (χ4v) is 2.08. The number of hydrogen-bond donors (Lipinski definition) is 1. The van der Waals surface area contributed by atoms with Crippen LogP contribution in [-0.2, 0) is 18.3 Å². The first-order valence-electron chi connectivity index (χ1n) is 6.72. The van der Waals surface area contributed by atoms with Crippen LogP contribution in [0.5, 0.6) is 0 Å². The summed E-state index contributed by atoms with van der Waals surface area (Å²) in [5.74, 6) is 0.679. The smallest absolute Gasteiger partial charge is 0.220 e. The van der Waals surface area contributed by atoms with E-state index in [0.29, 0.717) is 12.2 Å². The standard InChI is InChI=1S/C14H19N5O/c1-11(14-16-17-18-19(14)2)15-13(20)10-6-9-12-7-4-3-5-8-12/h3-5,7-8,11H,6,9-10H2,1-2H3,(H,15,20)/t11-/m1/s1. The van der Waals surface area contributed by atoms with Crippen molar-refractivity contribution in [3.63, 3.8) is 0 Å². The van der Waals surface area contributed by atoms with Gasteiger partial charge >= 0.3 is 0 Å². The molecular formula is C14H19N5O. The summed E-state index contributed by atoms with van der Waals surface area (Å²) in [4.78, 5) is 11.9.